The highest BCUT2D eigenvalue weighted by Crippen LogP contribution is 2.31. The van der Waals surface area contributed by atoms with Gasteiger partial charge in [0.15, 0.2) is 0 Å². The molecule has 2 N–H and O–H groups in total. The number of unbranched alkanes of at least 4 members (excludes halogenated alkanes) is 1. The molecule has 0 amide bonds. The van der Waals surface area contributed by atoms with Crippen molar-refractivity contribution in [2.75, 3.05) is 37.6 Å². The number of rotatable bonds is 7. The van der Waals surface area contributed by atoms with Crippen molar-refractivity contribution in [3.05, 3.63) is 69.7 Å². The van der Waals surface area contributed by atoms with Gasteiger partial charge in [-0.15, -0.1) is 0 Å². The molecule has 4 aromatic rings. The second-order valence-electron chi connectivity index (χ2n) is 8.77. The van der Waals surface area contributed by atoms with E-state index in [-0.39, 0.29) is 5.63 Å². The average molecular weight is 496 g/mol. The molecule has 182 valence electrons. The van der Waals surface area contributed by atoms with Crippen LogP contribution in [0, 0.1) is 0 Å². The number of anilines is 1. The minimum atomic E-state index is -1.31. The summed E-state index contributed by atoms with van der Waals surface area (Å²) in [5.74, 6) is 0.314. The Morgan fingerprint density at radius 3 is 2.71 bits per heavy atom. The highest BCUT2D eigenvalue weighted by Gasteiger charge is 2.19. The third kappa shape index (κ3) is 5.28. The highest BCUT2D eigenvalue weighted by molar-refractivity contribution is 6.34. The van der Waals surface area contributed by atoms with Crippen LogP contribution in [0.4, 0.5) is 10.5 Å². The summed E-state index contributed by atoms with van der Waals surface area (Å²) >= 11 is 6.50. The van der Waals surface area contributed by atoms with Gasteiger partial charge in [0.1, 0.15) is 11.3 Å². The second-order valence-corrected chi connectivity index (χ2v) is 9.18. The first kappa shape index (κ1) is 23.3. The largest absolute Gasteiger partial charge is 0.511 e. The van der Waals surface area contributed by atoms with E-state index in [1.54, 1.807) is 24.3 Å². The van der Waals surface area contributed by atoms with Crippen LogP contribution < -0.4 is 15.3 Å². The van der Waals surface area contributed by atoms with Crippen LogP contribution in [0.25, 0.3) is 21.9 Å². The summed E-state index contributed by atoms with van der Waals surface area (Å²) in [6, 6.07) is 12.2. The van der Waals surface area contributed by atoms with Crippen molar-refractivity contribution in [1.82, 2.24) is 9.88 Å². The lowest BCUT2D eigenvalue weighted by atomic mass is 10.1. The SMILES string of the molecule is O=C(O)Oc1ccc2c(CCCCN3CCN(c4cc5ccc(=O)oc5cc4Cl)CC3)c[nH]c2c1. The summed E-state index contributed by atoms with van der Waals surface area (Å²) < 4.78 is 9.96. The molecule has 35 heavy (non-hydrogen) atoms. The first-order valence-corrected chi connectivity index (χ1v) is 12.1. The third-order valence-corrected chi connectivity index (χ3v) is 6.82. The zero-order valence-electron chi connectivity index (χ0n) is 19.1. The molecule has 1 saturated heterocycles. The standard InChI is InChI=1S/C26H26ClN3O5/c27-21-15-24-17(4-7-25(31)35-24)13-23(21)30-11-9-29(10-12-30)8-2-1-3-18-16-28-22-14-19(34-26(32)33)5-6-20(18)22/h4-7,13-16,28H,1-3,8-12H2,(H,32,33). The number of halogens is 1. The number of carboxylic acid groups (broad SMARTS) is 1. The van der Waals surface area contributed by atoms with Crippen LogP contribution in [0.2, 0.25) is 5.02 Å². The Hall–Kier alpha value is -3.49. The predicted octanol–water partition coefficient (Wildman–Crippen LogP) is 5.13. The number of ether oxygens (including phenoxy) is 1. The quantitative estimate of drug-likeness (QED) is 0.159. The number of carbonyl (C=O) groups is 1. The predicted molar refractivity (Wildman–Crippen MR) is 136 cm³/mol. The molecule has 0 radical (unpaired) electrons. The van der Waals surface area contributed by atoms with E-state index in [9.17, 15) is 9.59 Å². The Morgan fingerprint density at radius 1 is 1.09 bits per heavy atom. The Morgan fingerprint density at radius 2 is 1.91 bits per heavy atom. The van der Waals surface area contributed by atoms with Crippen molar-refractivity contribution in [3.63, 3.8) is 0 Å². The van der Waals surface area contributed by atoms with Gasteiger partial charge < -0.3 is 24.1 Å². The number of nitrogens with one attached hydrogen (secondary N) is 1. The number of hydrogen-bond donors (Lipinski definition) is 2. The molecule has 0 bridgehead atoms. The van der Waals surface area contributed by atoms with Gasteiger partial charge in [-0.1, -0.05) is 11.6 Å². The van der Waals surface area contributed by atoms with Crippen molar-refractivity contribution >= 4 is 45.3 Å². The van der Waals surface area contributed by atoms with Gasteiger partial charge in [-0.2, -0.15) is 0 Å². The lowest BCUT2D eigenvalue weighted by molar-refractivity contribution is 0.144. The number of hydrogen-bond acceptors (Lipinski definition) is 6. The topological polar surface area (TPSA) is 99.0 Å². The van der Waals surface area contributed by atoms with Crippen LogP contribution in [0.3, 0.4) is 0 Å². The number of aromatic amines is 1. The van der Waals surface area contributed by atoms with E-state index in [1.165, 1.54) is 11.6 Å². The van der Waals surface area contributed by atoms with E-state index in [1.807, 2.05) is 18.3 Å². The summed E-state index contributed by atoms with van der Waals surface area (Å²) in [6.45, 7) is 4.77. The van der Waals surface area contributed by atoms with Crippen LogP contribution in [-0.4, -0.2) is 53.9 Å². The lowest BCUT2D eigenvalue weighted by Crippen LogP contribution is -2.46. The van der Waals surface area contributed by atoms with Gasteiger partial charge in [0.2, 0.25) is 0 Å². The number of aromatic nitrogens is 1. The molecule has 1 fully saturated rings. The van der Waals surface area contributed by atoms with Crippen LogP contribution in [-0.2, 0) is 6.42 Å². The molecule has 3 heterocycles. The molecule has 1 aliphatic heterocycles. The molecule has 5 rings (SSSR count). The van der Waals surface area contributed by atoms with Gasteiger partial charge in [0.25, 0.3) is 0 Å². The summed E-state index contributed by atoms with van der Waals surface area (Å²) in [7, 11) is 0. The molecular weight excluding hydrogens is 470 g/mol. The van der Waals surface area contributed by atoms with Crippen LogP contribution in [0.1, 0.15) is 18.4 Å². The van der Waals surface area contributed by atoms with Crippen molar-refractivity contribution in [1.29, 1.82) is 0 Å². The van der Waals surface area contributed by atoms with Crippen LogP contribution >= 0.6 is 11.6 Å². The lowest BCUT2D eigenvalue weighted by Gasteiger charge is -2.36. The normalized spacial score (nSPS) is 14.6. The number of nitrogens with zero attached hydrogens (tertiary/aromatic N) is 2. The van der Waals surface area contributed by atoms with Crippen molar-refractivity contribution in [2.45, 2.75) is 19.3 Å². The summed E-state index contributed by atoms with van der Waals surface area (Å²) in [5.41, 5.74) is 3.22. The molecule has 2 aromatic carbocycles. The molecule has 0 aliphatic carbocycles. The first-order valence-electron chi connectivity index (χ1n) is 11.7. The molecule has 2 aromatic heterocycles. The van der Waals surface area contributed by atoms with E-state index in [0.29, 0.717) is 16.4 Å². The first-order chi connectivity index (χ1) is 17.0. The number of piperazine rings is 1. The van der Waals surface area contributed by atoms with E-state index in [4.69, 9.17) is 25.9 Å². The number of benzene rings is 2. The fraction of sp³-hybridized carbons (Fsp3) is 0.308. The van der Waals surface area contributed by atoms with Gasteiger partial charge in [-0.25, -0.2) is 9.59 Å². The smallest absolute Gasteiger partial charge is 0.449 e. The average Bonchev–Trinajstić information content (AvgIpc) is 3.23. The maximum Gasteiger partial charge on any atom is 0.511 e. The Balaban J connectivity index is 1.11. The fourth-order valence-corrected chi connectivity index (χ4v) is 4.99. The van der Waals surface area contributed by atoms with Gasteiger partial charge in [0, 0.05) is 66.9 Å². The van der Waals surface area contributed by atoms with Crippen molar-refractivity contribution < 1.29 is 19.1 Å². The zero-order chi connectivity index (χ0) is 24.4. The summed E-state index contributed by atoms with van der Waals surface area (Å²) in [5, 5.41) is 11.3. The maximum atomic E-state index is 11.4. The minimum absolute atomic E-state index is 0.314. The van der Waals surface area contributed by atoms with Gasteiger partial charge >= 0.3 is 11.8 Å². The number of H-pyrrole nitrogens is 1. The number of fused-ring (bicyclic) bond motifs is 2. The Labute approximate surface area is 206 Å². The number of aryl methyl sites for hydroxylation is 1. The van der Waals surface area contributed by atoms with Gasteiger partial charge in [0.05, 0.1) is 10.7 Å². The molecule has 8 nitrogen and oxygen atoms in total. The fourth-order valence-electron chi connectivity index (χ4n) is 4.72. The highest BCUT2D eigenvalue weighted by atomic mass is 35.5. The summed E-state index contributed by atoms with van der Waals surface area (Å²) in [6.07, 6.45) is 3.81. The monoisotopic (exact) mass is 495 g/mol. The van der Waals surface area contributed by atoms with E-state index >= 15 is 0 Å². The third-order valence-electron chi connectivity index (χ3n) is 6.52. The van der Waals surface area contributed by atoms with E-state index in [0.717, 1.165) is 74.0 Å². The molecule has 0 unspecified atom stereocenters. The molecule has 0 atom stereocenters. The zero-order valence-corrected chi connectivity index (χ0v) is 19.9. The van der Waals surface area contributed by atoms with E-state index < -0.39 is 6.16 Å². The second kappa shape index (κ2) is 10.0. The van der Waals surface area contributed by atoms with Gasteiger partial charge in [-0.3, -0.25) is 4.90 Å². The molecular formula is C26H26ClN3O5. The van der Waals surface area contributed by atoms with Crippen LogP contribution in [0.5, 0.6) is 5.75 Å². The molecule has 0 spiro atoms. The molecule has 9 heteroatoms. The van der Waals surface area contributed by atoms with Gasteiger partial charge in [-0.05, 0) is 55.6 Å². The van der Waals surface area contributed by atoms with Crippen molar-refractivity contribution in [3.8, 4) is 5.75 Å². The van der Waals surface area contributed by atoms with Crippen molar-refractivity contribution in [2.24, 2.45) is 0 Å². The Bertz CT molecular complexity index is 1420. The minimum Gasteiger partial charge on any atom is -0.449 e. The summed E-state index contributed by atoms with van der Waals surface area (Å²) in [4.78, 5) is 30.1. The molecule has 1 aliphatic rings. The van der Waals surface area contributed by atoms with E-state index in [2.05, 4.69) is 14.8 Å². The molecule has 0 saturated carbocycles. The maximum absolute atomic E-state index is 11.4. The Kier molecular flexibility index (Phi) is 6.66. The van der Waals surface area contributed by atoms with Crippen LogP contribution in [0.15, 0.2) is 57.9 Å².